The lowest BCUT2D eigenvalue weighted by Gasteiger charge is -2.15. The number of nitrogens with zero attached hydrogens (tertiary/aromatic N) is 2. The molecule has 24 nitrogen and oxygen atoms in total. The highest BCUT2D eigenvalue weighted by Gasteiger charge is 2.38. The molecular formula is C57H48F6N2O22P2S2. The van der Waals surface area contributed by atoms with Crippen LogP contribution in [0.2, 0.25) is 0 Å². The first kappa shape index (κ1) is 71.1. The van der Waals surface area contributed by atoms with Crippen molar-refractivity contribution in [3.8, 4) is 23.0 Å². The Balaban J connectivity index is 0.000000236. The standard InChI is InChI=1S/C31H26NO8P.C24H20NO8P.2CHF3O3S/c1-19-15-22(30(33)38-18-21-9-5-4-6-10-21)16-20(2)29(19)39-31(34)28-24-11-7-8-12-26(24)32(3)27-14-13-23(17-25(27)28)40-41(35,36)37;1-13-10-15(23(26)27)11-14(2)22(13)32-24(28)21-17-6-4-5-7-19(17)25(3)20-9-8-16(12-18(20)21)33-34(29,30)31;2*2-1(3,4)8(5,6)7/h4-17H,18H2,1-3H3,(H-,35,36,37);4-12H,1-3H3,(H2-,26,27,29,30,31);2*(H,5,6,7). The summed E-state index contributed by atoms with van der Waals surface area (Å²) in [5.74, 6) is -2.64. The second-order valence-corrected chi connectivity index (χ2v) is 24.3. The summed E-state index contributed by atoms with van der Waals surface area (Å²) in [5, 5.41) is 11.2. The number of hydrogen-bond donors (Lipinski definition) is 5. The van der Waals surface area contributed by atoms with E-state index < -0.39 is 70.8 Å². The second kappa shape index (κ2) is 27.7. The smallest absolute Gasteiger partial charge is 0.524 e. The van der Waals surface area contributed by atoms with Gasteiger partial charge >= 0.3 is 50.5 Å². The number of fused-ring (bicyclic) bond motifs is 4. The maximum Gasteiger partial charge on any atom is 0.524 e. The third kappa shape index (κ3) is 17.9. The summed E-state index contributed by atoms with van der Waals surface area (Å²) in [7, 11) is -18.2. The zero-order valence-electron chi connectivity index (χ0n) is 47.5. The van der Waals surface area contributed by atoms with Gasteiger partial charge in [-0.05, 0) is 116 Å². The van der Waals surface area contributed by atoms with Crippen LogP contribution in [0, 0.1) is 27.7 Å². The number of alkyl halides is 6. The highest BCUT2D eigenvalue weighted by Crippen LogP contribution is 2.41. The van der Waals surface area contributed by atoms with Crippen molar-refractivity contribution in [3.63, 3.8) is 0 Å². The molecule has 0 unspecified atom stereocenters. The summed E-state index contributed by atoms with van der Waals surface area (Å²) >= 11 is 0. The summed E-state index contributed by atoms with van der Waals surface area (Å²) in [6.07, 6.45) is 0. The molecule has 9 aromatic rings. The topological polar surface area (TPSA) is 372 Å². The first-order valence-corrected chi connectivity index (χ1v) is 31.2. The minimum Gasteiger partial charge on any atom is -0.741 e. The van der Waals surface area contributed by atoms with Crippen molar-refractivity contribution in [2.45, 2.75) is 45.3 Å². The number of aromatic nitrogens is 2. The molecule has 9 rings (SSSR count). The van der Waals surface area contributed by atoms with E-state index in [2.05, 4.69) is 0 Å². The number of hydrogen-bond acceptors (Lipinski definition) is 17. The van der Waals surface area contributed by atoms with Crippen LogP contribution in [0.4, 0.5) is 26.3 Å². The highest BCUT2D eigenvalue weighted by molar-refractivity contribution is 7.86. The fraction of sp³-hybridized carbons (Fsp3) is 0.158. The average molecular weight is 1350 g/mol. The lowest BCUT2D eigenvalue weighted by Crippen LogP contribution is -2.31. The number of para-hydroxylation sites is 2. The molecule has 0 saturated carbocycles. The van der Waals surface area contributed by atoms with Gasteiger partial charge in [0.2, 0.25) is 22.1 Å². The Kier molecular flexibility index (Phi) is 21.6. The number of aryl methyl sites for hydroxylation is 6. The average Bonchev–Trinajstić information content (AvgIpc) is 0.756. The number of carboxylic acids is 1. The van der Waals surface area contributed by atoms with Crippen molar-refractivity contribution < 1.29 is 138 Å². The van der Waals surface area contributed by atoms with Crippen LogP contribution >= 0.6 is 15.6 Å². The number of carbonyl (C=O) groups is 4. The molecule has 482 valence electrons. The third-order valence-electron chi connectivity index (χ3n) is 12.7. The SMILES string of the molecule is Cc1cc(C(=O)O)cc(C)c1OC(=O)c1c2ccccc2[n+](C)c2ccc(OP(=O)(O)O)cc12.Cc1cc(C(=O)OCc2ccccc2)cc(C)c1OC(=O)c1c2ccccc2[n+](C)c2ccc(OP(=O)(O)O)cc12.O=S(=O)([O-])C(F)(F)F.O=S(=O)([O-])C(F)(F)F. The van der Waals surface area contributed by atoms with Crippen LogP contribution in [0.5, 0.6) is 23.0 Å². The van der Waals surface area contributed by atoms with Gasteiger partial charge in [0, 0.05) is 24.3 Å². The van der Waals surface area contributed by atoms with Gasteiger partial charge in [-0.25, -0.2) is 45.1 Å². The van der Waals surface area contributed by atoms with E-state index in [4.69, 9.17) is 49.2 Å². The highest BCUT2D eigenvalue weighted by atomic mass is 32.2. The van der Waals surface area contributed by atoms with Crippen molar-refractivity contribution >= 4 is 103 Å². The molecule has 0 fully saturated rings. The molecule has 0 aliphatic carbocycles. The van der Waals surface area contributed by atoms with E-state index in [1.807, 2.05) is 77.8 Å². The van der Waals surface area contributed by atoms with Crippen LogP contribution in [0.1, 0.15) is 69.2 Å². The van der Waals surface area contributed by atoms with E-state index in [0.717, 1.165) is 16.6 Å². The summed E-state index contributed by atoms with van der Waals surface area (Å²) in [5.41, 5.74) is -4.83. The Morgan fingerprint density at radius 2 is 0.802 bits per heavy atom. The van der Waals surface area contributed by atoms with E-state index in [1.165, 1.54) is 36.4 Å². The molecule has 34 heteroatoms. The molecule has 2 heterocycles. The number of aromatic carboxylic acids is 1. The molecule has 2 aromatic heterocycles. The number of pyridine rings is 2. The normalized spacial score (nSPS) is 11.9. The fourth-order valence-corrected chi connectivity index (χ4v) is 9.68. The van der Waals surface area contributed by atoms with Crippen LogP contribution in [0.25, 0.3) is 43.6 Å². The lowest BCUT2D eigenvalue weighted by molar-refractivity contribution is -0.617. The monoisotopic (exact) mass is 1350 g/mol. The van der Waals surface area contributed by atoms with E-state index >= 15 is 0 Å². The number of esters is 3. The maximum atomic E-state index is 13.8. The first-order valence-electron chi connectivity index (χ1n) is 25.3. The Morgan fingerprint density at radius 3 is 1.13 bits per heavy atom. The van der Waals surface area contributed by atoms with E-state index in [-0.39, 0.29) is 40.5 Å². The van der Waals surface area contributed by atoms with E-state index in [0.29, 0.717) is 66.1 Å². The molecule has 0 spiro atoms. The summed E-state index contributed by atoms with van der Waals surface area (Å²) < 4.78 is 171. The van der Waals surface area contributed by atoms with Gasteiger partial charge in [-0.2, -0.15) is 35.5 Å². The number of carbonyl (C=O) groups excluding carboxylic acids is 3. The van der Waals surface area contributed by atoms with Gasteiger partial charge in [-0.15, -0.1) is 0 Å². The van der Waals surface area contributed by atoms with Gasteiger partial charge in [-0.1, -0.05) is 54.6 Å². The minimum atomic E-state index is -6.09. The van der Waals surface area contributed by atoms with Crippen molar-refractivity contribution in [3.05, 3.63) is 190 Å². The number of rotatable bonds is 12. The summed E-state index contributed by atoms with van der Waals surface area (Å²) in [6, 6.07) is 38.7. The zero-order valence-corrected chi connectivity index (χ0v) is 51.0. The fourth-order valence-electron chi connectivity index (χ4n) is 8.91. The predicted octanol–water partition coefficient (Wildman–Crippen LogP) is 9.41. The number of benzene rings is 7. The second-order valence-electron chi connectivity index (χ2n) is 19.2. The number of phosphoric acid groups is 2. The molecule has 0 atom stereocenters. The molecule has 0 saturated heterocycles. The van der Waals surface area contributed by atoms with Crippen molar-refractivity contribution in [2.24, 2.45) is 14.1 Å². The van der Waals surface area contributed by atoms with E-state index in [9.17, 15) is 79.3 Å². The molecular weight excluding hydrogens is 1300 g/mol. The Hall–Kier alpha value is -8.94. The van der Waals surface area contributed by atoms with Gasteiger partial charge in [0.25, 0.3) is 0 Å². The molecule has 0 amide bonds. The Bertz CT molecular complexity index is 4610. The molecule has 5 N–H and O–H groups in total. The number of halogens is 6. The Labute approximate surface area is 511 Å². The molecule has 0 bridgehead atoms. The van der Waals surface area contributed by atoms with Crippen LogP contribution in [-0.4, -0.2) is 85.5 Å². The maximum absolute atomic E-state index is 13.8. The van der Waals surface area contributed by atoms with Gasteiger partial charge in [0.1, 0.15) is 43.7 Å². The molecule has 0 aliphatic heterocycles. The third-order valence-corrected chi connectivity index (χ3v) is 14.7. The van der Waals surface area contributed by atoms with Crippen molar-refractivity contribution in [1.29, 1.82) is 0 Å². The largest absolute Gasteiger partial charge is 0.741 e. The predicted molar refractivity (Wildman–Crippen MR) is 306 cm³/mol. The van der Waals surface area contributed by atoms with Gasteiger partial charge in [0.15, 0.2) is 20.2 Å². The van der Waals surface area contributed by atoms with Crippen LogP contribution in [0.15, 0.2) is 140 Å². The van der Waals surface area contributed by atoms with Crippen molar-refractivity contribution in [1.82, 2.24) is 0 Å². The van der Waals surface area contributed by atoms with Crippen molar-refractivity contribution in [2.75, 3.05) is 0 Å². The lowest BCUT2D eigenvalue weighted by atomic mass is 10.0. The number of ether oxygens (including phenoxy) is 3. The number of phosphoric ester groups is 2. The number of carboxylic acid groups (broad SMARTS) is 1. The summed E-state index contributed by atoms with van der Waals surface area (Å²) in [6.45, 7) is 6.89. The Morgan fingerprint density at radius 1 is 0.484 bits per heavy atom. The minimum absolute atomic E-state index is 0.0802. The van der Waals surface area contributed by atoms with Crippen LogP contribution in [-0.2, 0) is 54.8 Å². The molecule has 7 aromatic carbocycles. The molecule has 91 heavy (non-hydrogen) atoms. The van der Waals surface area contributed by atoms with E-state index in [1.54, 1.807) is 76.2 Å². The first-order chi connectivity index (χ1) is 42.0. The van der Waals surface area contributed by atoms with Gasteiger partial charge < -0.3 is 37.5 Å². The molecule has 0 aliphatic rings. The quantitative estimate of drug-likeness (QED) is 0.0111. The zero-order chi connectivity index (χ0) is 68.1. The van der Waals surface area contributed by atoms with Crippen LogP contribution in [0.3, 0.4) is 0 Å². The van der Waals surface area contributed by atoms with Gasteiger partial charge in [-0.3, -0.25) is 19.6 Å². The summed E-state index contributed by atoms with van der Waals surface area (Å²) in [4.78, 5) is 88.5. The van der Waals surface area contributed by atoms with Gasteiger partial charge in [0.05, 0.1) is 43.8 Å². The molecule has 0 radical (unpaired) electrons. The van der Waals surface area contributed by atoms with Crippen LogP contribution < -0.4 is 27.7 Å².